The van der Waals surface area contributed by atoms with Crippen LogP contribution in [0.3, 0.4) is 0 Å². The van der Waals surface area contributed by atoms with Crippen molar-refractivity contribution in [1.82, 2.24) is 4.90 Å². The average Bonchev–Trinajstić information content (AvgIpc) is 2.44. The smallest absolute Gasteiger partial charge is 0.237 e. The minimum atomic E-state index is -3.77. The highest BCUT2D eigenvalue weighted by Crippen LogP contribution is 2.24. The zero-order valence-corrected chi connectivity index (χ0v) is 12.2. The third-order valence-corrected chi connectivity index (χ3v) is 4.34. The molecule has 0 N–H and O–H groups in total. The summed E-state index contributed by atoms with van der Waals surface area (Å²) in [6.45, 7) is 0.205. The van der Waals surface area contributed by atoms with Crippen molar-refractivity contribution in [2.75, 3.05) is 26.5 Å². The van der Waals surface area contributed by atoms with Crippen molar-refractivity contribution in [2.24, 2.45) is 0 Å². The number of methoxy groups -OCH3 is 1. The van der Waals surface area contributed by atoms with Crippen LogP contribution in [0.5, 0.6) is 5.75 Å². The summed E-state index contributed by atoms with van der Waals surface area (Å²) < 4.78 is 29.4. The summed E-state index contributed by atoms with van der Waals surface area (Å²) in [6.07, 6.45) is 0.164. The SMILES string of the molecule is COc1ccccc1S(=O)(=O)CC(=O)N(C)CCC#N. The summed E-state index contributed by atoms with van der Waals surface area (Å²) in [5.41, 5.74) is 0. The Morgan fingerprint density at radius 3 is 2.65 bits per heavy atom. The zero-order valence-electron chi connectivity index (χ0n) is 11.4. The van der Waals surface area contributed by atoms with Crippen LogP contribution in [-0.4, -0.2) is 45.7 Å². The van der Waals surface area contributed by atoms with Crippen LogP contribution in [0.2, 0.25) is 0 Å². The first-order valence-electron chi connectivity index (χ1n) is 5.89. The molecule has 20 heavy (non-hydrogen) atoms. The van der Waals surface area contributed by atoms with Gasteiger partial charge in [-0.25, -0.2) is 8.42 Å². The largest absolute Gasteiger partial charge is 0.495 e. The molecule has 1 rings (SSSR count). The molecule has 0 fully saturated rings. The molecule has 0 aromatic heterocycles. The van der Waals surface area contributed by atoms with Crippen molar-refractivity contribution in [2.45, 2.75) is 11.3 Å². The molecule has 0 aliphatic heterocycles. The highest BCUT2D eigenvalue weighted by molar-refractivity contribution is 7.92. The third-order valence-electron chi connectivity index (χ3n) is 2.70. The number of para-hydroxylation sites is 1. The van der Waals surface area contributed by atoms with Gasteiger partial charge < -0.3 is 9.64 Å². The topological polar surface area (TPSA) is 87.5 Å². The van der Waals surface area contributed by atoms with Gasteiger partial charge in [0.15, 0.2) is 9.84 Å². The molecule has 0 saturated carbocycles. The molecule has 7 heteroatoms. The van der Waals surface area contributed by atoms with Gasteiger partial charge in [-0.2, -0.15) is 5.26 Å². The number of rotatable bonds is 6. The summed E-state index contributed by atoms with van der Waals surface area (Å²) in [5, 5.41) is 8.45. The lowest BCUT2D eigenvalue weighted by atomic mass is 10.3. The van der Waals surface area contributed by atoms with E-state index in [4.69, 9.17) is 10.00 Å². The first-order chi connectivity index (χ1) is 9.42. The molecule has 0 saturated heterocycles. The third kappa shape index (κ3) is 3.96. The maximum atomic E-state index is 12.2. The number of benzene rings is 1. The quantitative estimate of drug-likeness (QED) is 0.776. The Balaban J connectivity index is 2.90. The lowest BCUT2D eigenvalue weighted by Crippen LogP contribution is -2.33. The number of carbonyl (C=O) groups is 1. The fraction of sp³-hybridized carbons (Fsp3) is 0.385. The van der Waals surface area contributed by atoms with Gasteiger partial charge in [-0.05, 0) is 12.1 Å². The van der Waals surface area contributed by atoms with Gasteiger partial charge in [0.1, 0.15) is 16.4 Å². The highest BCUT2D eigenvalue weighted by Gasteiger charge is 2.24. The van der Waals surface area contributed by atoms with Gasteiger partial charge in [0, 0.05) is 13.6 Å². The summed E-state index contributed by atoms with van der Waals surface area (Å²) in [4.78, 5) is 13.1. The van der Waals surface area contributed by atoms with Crippen molar-refractivity contribution in [1.29, 1.82) is 5.26 Å². The molecule has 0 aliphatic carbocycles. The number of amides is 1. The van der Waals surface area contributed by atoms with Crippen LogP contribution in [0.4, 0.5) is 0 Å². The highest BCUT2D eigenvalue weighted by atomic mass is 32.2. The van der Waals surface area contributed by atoms with Gasteiger partial charge in [0.2, 0.25) is 5.91 Å². The molecule has 1 amide bonds. The lowest BCUT2D eigenvalue weighted by molar-refractivity contribution is -0.127. The molecule has 0 unspecified atom stereocenters. The fourth-order valence-corrected chi connectivity index (χ4v) is 3.01. The van der Waals surface area contributed by atoms with Gasteiger partial charge in [-0.15, -0.1) is 0 Å². The molecule has 0 aliphatic rings. The van der Waals surface area contributed by atoms with E-state index < -0.39 is 21.5 Å². The van der Waals surface area contributed by atoms with E-state index in [1.165, 1.54) is 31.2 Å². The Morgan fingerprint density at radius 1 is 1.40 bits per heavy atom. The maximum absolute atomic E-state index is 12.2. The van der Waals surface area contributed by atoms with Crippen molar-refractivity contribution in [3.05, 3.63) is 24.3 Å². The summed E-state index contributed by atoms with van der Waals surface area (Å²) in [5.74, 6) is -0.985. The standard InChI is InChI=1S/C13H16N2O4S/c1-15(9-5-8-14)13(16)10-20(17,18)12-7-4-3-6-11(12)19-2/h3-4,6-7H,5,9-10H2,1-2H3. The summed E-state index contributed by atoms with van der Waals surface area (Å²) >= 11 is 0. The van der Waals surface area contributed by atoms with Gasteiger partial charge in [0.05, 0.1) is 19.6 Å². The molecule has 108 valence electrons. The number of nitriles is 1. The van der Waals surface area contributed by atoms with E-state index in [0.29, 0.717) is 0 Å². The van der Waals surface area contributed by atoms with Gasteiger partial charge >= 0.3 is 0 Å². The molecular weight excluding hydrogens is 280 g/mol. The van der Waals surface area contributed by atoms with Gasteiger partial charge in [0.25, 0.3) is 0 Å². The molecule has 0 radical (unpaired) electrons. The average molecular weight is 296 g/mol. The molecule has 0 spiro atoms. The second kappa shape index (κ2) is 6.91. The van der Waals surface area contributed by atoms with Crippen LogP contribution in [0.15, 0.2) is 29.2 Å². The summed E-state index contributed by atoms with van der Waals surface area (Å²) in [6, 6.07) is 8.05. The second-order valence-electron chi connectivity index (χ2n) is 4.13. The maximum Gasteiger partial charge on any atom is 0.237 e. The molecular formula is C13H16N2O4S. The van der Waals surface area contributed by atoms with Crippen LogP contribution in [0, 0.1) is 11.3 Å². The first-order valence-corrected chi connectivity index (χ1v) is 7.54. The monoisotopic (exact) mass is 296 g/mol. The minimum Gasteiger partial charge on any atom is -0.495 e. The zero-order chi connectivity index (χ0) is 15.2. The van der Waals surface area contributed by atoms with Crippen molar-refractivity contribution >= 4 is 15.7 Å². The van der Waals surface area contributed by atoms with Crippen LogP contribution >= 0.6 is 0 Å². The van der Waals surface area contributed by atoms with E-state index in [2.05, 4.69) is 0 Å². The molecule has 0 heterocycles. The van der Waals surface area contributed by atoms with E-state index in [0.717, 1.165) is 0 Å². The molecule has 1 aromatic carbocycles. The van der Waals surface area contributed by atoms with Gasteiger partial charge in [-0.3, -0.25) is 4.79 Å². The van der Waals surface area contributed by atoms with E-state index in [1.807, 2.05) is 6.07 Å². The van der Waals surface area contributed by atoms with Crippen molar-refractivity contribution < 1.29 is 17.9 Å². The molecule has 0 atom stereocenters. The van der Waals surface area contributed by atoms with Gasteiger partial charge in [-0.1, -0.05) is 12.1 Å². The van der Waals surface area contributed by atoms with E-state index >= 15 is 0 Å². The predicted octanol–water partition coefficient (Wildman–Crippen LogP) is 0.841. The van der Waals surface area contributed by atoms with E-state index in [-0.39, 0.29) is 23.6 Å². The Labute approximate surface area is 118 Å². The van der Waals surface area contributed by atoms with Crippen molar-refractivity contribution in [3.8, 4) is 11.8 Å². The summed E-state index contributed by atoms with van der Waals surface area (Å²) in [7, 11) is -0.932. The minimum absolute atomic E-state index is 0.00969. The lowest BCUT2D eigenvalue weighted by Gasteiger charge is -2.16. The Kier molecular flexibility index (Phi) is 5.53. The number of sulfone groups is 1. The first kappa shape index (κ1) is 16.0. The number of carbonyl (C=O) groups excluding carboxylic acids is 1. The number of nitrogens with zero attached hydrogens (tertiary/aromatic N) is 2. The fourth-order valence-electron chi connectivity index (χ4n) is 1.57. The van der Waals surface area contributed by atoms with Crippen molar-refractivity contribution in [3.63, 3.8) is 0 Å². The predicted molar refractivity (Wildman–Crippen MR) is 72.9 cm³/mol. The molecule has 6 nitrogen and oxygen atoms in total. The number of ether oxygens (including phenoxy) is 1. The normalized spacial score (nSPS) is 10.7. The number of hydrogen-bond donors (Lipinski definition) is 0. The number of hydrogen-bond acceptors (Lipinski definition) is 5. The van der Waals surface area contributed by atoms with E-state index in [9.17, 15) is 13.2 Å². The van der Waals surface area contributed by atoms with E-state index in [1.54, 1.807) is 12.1 Å². The Morgan fingerprint density at radius 2 is 2.05 bits per heavy atom. The van der Waals surface area contributed by atoms with Crippen LogP contribution in [-0.2, 0) is 14.6 Å². The molecule has 0 bridgehead atoms. The van der Waals surface area contributed by atoms with Crippen LogP contribution in [0.1, 0.15) is 6.42 Å². The Hall–Kier alpha value is -2.07. The molecule has 1 aromatic rings. The Bertz CT molecular complexity index is 620. The van der Waals surface area contributed by atoms with Crippen LogP contribution in [0.25, 0.3) is 0 Å². The second-order valence-corrected chi connectivity index (χ2v) is 6.09. The van der Waals surface area contributed by atoms with Crippen LogP contribution < -0.4 is 4.74 Å².